The first-order chi connectivity index (χ1) is 9.11. The molecule has 0 spiro atoms. The van der Waals surface area contributed by atoms with Crippen molar-refractivity contribution in [2.24, 2.45) is 0 Å². The summed E-state index contributed by atoms with van der Waals surface area (Å²) in [6.45, 7) is 7.67. The molecule has 6 heteroatoms. The summed E-state index contributed by atoms with van der Waals surface area (Å²) >= 11 is 0. The lowest BCUT2D eigenvalue weighted by Gasteiger charge is -2.42. The van der Waals surface area contributed by atoms with Crippen LogP contribution in [-0.2, 0) is 11.3 Å². The van der Waals surface area contributed by atoms with E-state index in [2.05, 4.69) is 38.9 Å². The number of H-pyrrole nitrogens is 1. The maximum atomic E-state index is 12.0. The Balaban J connectivity index is 2.01. The van der Waals surface area contributed by atoms with Crippen LogP contribution in [0.25, 0.3) is 0 Å². The Morgan fingerprint density at radius 3 is 2.95 bits per heavy atom. The Bertz CT molecular complexity index is 403. The van der Waals surface area contributed by atoms with Gasteiger partial charge in [-0.05, 0) is 13.8 Å². The molecule has 6 nitrogen and oxygen atoms in total. The van der Waals surface area contributed by atoms with E-state index in [-0.39, 0.29) is 11.9 Å². The van der Waals surface area contributed by atoms with Crippen molar-refractivity contribution in [3.8, 4) is 0 Å². The highest BCUT2D eigenvalue weighted by molar-refractivity contribution is 5.81. The van der Waals surface area contributed by atoms with Gasteiger partial charge < -0.3 is 10.3 Å². The zero-order chi connectivity index (χ0) is 13.8. The third-order valence-electron chi connectivity index (χ3n) is 3.65. The number of aromatic nitrogens is 2. The van der Waals surface area contributed by atoms with E-state index < -0.39 is 0 Å². The molecule has 2 heterocycles. The summed E-state index contributed by atoms with van der Waals surface area (Å²) in [4.78, 5) is 23.9. The van der Waals surface area contributed by atoms with Crippen molar-refractivity contribution in [2.75, 3.05) is 26.7 Å². The molecule has 1 aromatic rings. The Kier molecular flexibility index (Phi) is 4.55. The third kappa shape index (κ3) is 3.33. The first-order valence-corrected chi connectivity index (χ1v) is 6.79. The lowest BCUT2D eigenvalue weighted by Crippen LogP contribution is -2.60. The van der Waals surface area contributed by atoms with Crippen LogP contribution in [0.4, 0.5) is 0 Å². The molecule has 0 aliphatic carbocycles. The Morgan fingerprint density at radius 2 is 2.37 bits per heavy atom. The summed E-state index contributed by atoms with van der Waals surface area (Å²) in [5, 5.41) is 2.77. The van der Waals surface area contributed by atoms with E-state index in [0.29, 0.717) is 6.04 Å². The normalized spacial score (nSPS) is 21.8. The van der Waals surface area contributed by atoms with E-state index in [1.54, 1.807) is 13.2 Å². The van der Waals surface area contributed by atoms with E-state index >= 15 is 0 Å². The van der Waals surface area contributed by atoms with Gasteiger partial charge in [0.15, 0.2) is 0 Å². The molecule has 0 bridgehead atoms. The molecule has 1 fully saturated rings. The second-order valence-electron chi connectivity index (χ2n) is 5.23. The largest absolute Gasteiger partial charge is 0.358 e. The van der Waals surface area contributed by atoms with Crippen LogP contribution in [0.15, 0.2) is 12.4 Å². The predicted octanol–water partition coefficient (Wildman–Crippen LogP) is 0.0503. The number of piperazine rings is 1. The fourth-order valence-corrected chi connectivity index (χ4v) is 2.61. The van der Waals surface area contributed by atoms with Gasteiger partial charge in [0, 0.05) is 45.1 Å². The number of rotatable bonds is 4. The fraction of sp³-hybridized carbons (Fsp3) is 0.692. The summed E-state index contributed by atoms with van der Waals surface area (Å²) in [6.07, 6.45) is 3.59. The van der Waals surface area contributed by atoms with Crippen molar-refractivity contribution in [3.63, 3.8) is 0 Å². The molecule has 2 N–H and O–H groups in total. The van der Waals surface area contributed by atoms with Crippen LogP contribution in [0, 0.1) is 0 Å². The minimum atomic E-state index is -0.0753. The van der Waals surface area contributed by atoms with Gasteiger partial charge in [0.05, 0.1) is 6.54 Å². The smallest absolute Gasteiger partial charge is 0.238 e. The van der Waals surface area contributed by atoms with Gasteiger partial charge in [0.25, 0.3) is 0 Å². The van der Waals surface area contributed by atoms with E-state index in [1.807, 2.05) is 6.20 Å². The van der Waals surface area contributed by atoms with E-state index in [9.17, 15) is 4.79 Å². The zero-order valence-corrected chi connectivity index (χ0v) is 11.9. The van der Waals surface area contributed by atoms with E-state index in [4.69, 9.17) is 0 Å². The van der Waals surface area contributed by atoms with Crippen LogP contribution < -0.4 is 5.32 Å². The Morgan fingerprint density at radius 1 is 1.58 bits per heavy atom. The van der Waals surface area contributed by atoms with Gasteiger partial charge in [-0.15, -0.1) is 0 Å². The molecule has 1 saturated heterocycles. The number of nitrogens with zero attached hydrogens (tertiary/aromatic N) is 3. The number of carbonyl (C=O) groups is 1. The molecule has 1 aliphatic rings. The van der Waals surface area contributed by atoms with Gasteiger partial charge in [0.2, 0.25) is 5.91 Å². The zero-order valence-electron chi connectivity index (χ0n) is 11.9. The number of hydrogen-bond acceptors (Lipinski definition) is 4. The van der Waals surface area contributed by atoms with Crippen LogP contribution >= 0.6 is 0 Å². The molecule has 0 aromatic carbocycles. The van der Waals surface area contributed by atoms with Crippen molar-refractivity contribution >= 4 is 5.91 Å². The molecular formula is C13H23N5O. The maximum Gasteiger partial charge on any atom is 0.238 e. The number of likely N-dealkylation sites (N-methyl/N-ethyl adjacent to an activating group) is 1. The topological polar surface area (TPSA) is 64.3 Å². The highest BCUT2D eigenvalue weighted by atomic mass is 16.2. The molecule has 1 atom stereocenters. The van der Waals surface area contributed by atoms with Crippen molar-refractivity contribution < 1.29 is 4.79 Å². The van der Waals surface area contributed by atoms with Crippen molar-refractivity contribution in [1.29, 1.82) is 0 Å². The minimum Gasteiger partial charge on any atom is -0.358 e. The molecule has 2 rings (SSSR count). The molecule has 19 heavy (non-hydrogen) atoms. The van der Waals surface area contributed by atoms with E-state index in [0.717, 1.165) is 32.0 Å². The van der Waals surface area contributed by atoms with Gasteiger partial charge in [-0.25, -0.2) is 4.98 Å². The second-order valence-corrected chi connectivity index (χ2v) is 5.23. The standard InChI is InChI=1S/C13H23N5O/c1-10(2)18-7-6-17(8-11(18)13(19)14-3)9-12-15-4-5-16-12/h4-5,10-11H,6-9H2,1-3H3,(H,14,19)(H,15,16)/t11-/m1/s1. The lowest BCUT2D eigenvalue weighted by atomic mass is 10.1. The van der Waals surface area contributed by atoms with Gasteiger partial charge >= 0.3 is 0 Å². The van der Waals surface area contributed by atoms with Gasteiger partial charge in [-0.2, -0.15) is 0 Å². The first-order valence-electron chi connectivity index (χ1n) is 6.79. The number of imidazole rings is 1. The third-order valence-corrected chi connectivity index (χ3v) is 3.65. The van der Waals surface area contributed by atoms with Crippen LogP contribution in [-0.4, -0.2) is 64.4 Å². The van der Waals surface area contributed by atoms with Crippen molar-refractivity contribution in [2.45, 2.75) is 32.5 Å². The quantitative estimate of drug-likeness (QED) is 0.807. The summed E-state index contributed by atoms with van der Waals surface area (Å²) in [5.41, 5.74) is 0. The van der Waals surface area contributed by atoms with E-state index in [1.165, 1.54) is 0 Å². The molecular weight excluding hydrogens is 242 g/mol. The molecule has 1 aliphatic heterocycles. The summed E-state index contributed by atoms with van der Waals surface area (Å²) in [5.74, 6) is 1.05. The summed E-state index contributed by atoms with van der Waals surface area (Å²) in [7, 11) is 1.70. The van der Waals surface area contributed by atoms with Crippen LogP contribution in [0.1, 0.15) is 19.7 Å². The highest BCUT2D eigenvalue weighted by Crippen LogP contribution is 2.15. The molecule has 1 amide bonds. The van der Waals surface area contributed by atoms with Gasteiger partial charge in [0.1, 0.15) is 11.9 Å². The van der Waals surface area contributed by atoms with Crippen LogP contribution in [0.3, 0.4) is 0 Å². The molecule has 0 radical (unpaired) electrons. The molecule has 1 aromatic heterocycles. The Hall–Kier alpha value is -1.40. The first kappa shape index (κ1) is 14.0. The monoisotopic (exact) mass is 265 g/mol. The van der Waals surface area contributed by atoms with Gasteiger partial charge in [-0.3, -0.25) is 14.6 Å². The number of hydrogen-bond donors (Lipinski definition) is 2. The van der Waals surface area contributed by atoms with Crippen molar-refractivity contribution in [1.82, 2.24) is 25.1 Å². The number of nitrogens with one attached hydrogen (secondary N) is 2. The minimum absolute atomic E-state index is 0.0753. The molecule has 0 unspecified atom stereocenters. The average molecular weight is 265 g/mol. The average Bonchev–Trinajstić information content (AvgIpc) is 2.90. The summed E-state index contributed by atoms with van der Waals surface area (Å²) in [6, 6.07) is 0.307. The van der Waals surface area contributed by atoms with Gasteiger partial charge in [-0.1, -0.05) is 0 Å². The Labute approximate surface area is 114 Å². The lowest BCUT2D eigenvalue weighted by molar-refractivity contribution is -0.129. The predicted molar refractivity (Wildman–Crippen MR) is 73.6 cm³/mol. The second kappa shape index (κ2) is 6.16. The molecule has 106 valence electrons. The fourth-order valence-electron chi connectivity index (χ4n) is 2.61. The highest BCUT2D eigenvalue weighted by Gasteiger charge is 2.33. The number of amides is 1. The summed E-state index contributed by atoms with van der Waals surface area (Å²) < 4.78 is 0. The van der Waals surface area contributed by atoms with Crippen molar-refractivity contribution in [3.05, 3.63) is 18.2 Å². The SMILES string of the molecule is CNC(=O)[C@H]1CN(Cc2ncc[nH]2)CCN1C(C)C. The number of aromatic amines is 1. The number of carbonyl (C=O) groups excluding carboxylic acids is 1. The maximum absolute atomic E-state index is 12.0. The van der Waals surface area contributed by atoms with Crippen LogP contribution in [0.2, 0.25) is 0 Å². The molecule has 0 saturated carbocycles. The van der Waals surface area contributed by atoms with Crippen LogP contribution in [0.5, 0.6) is 0 Å².